The zero-order chi connectivity index (χ0) is 14.7. The maximum atomic E-state index is 2.50. The summed E-state index contributed by atoms with van der Waals surface area (Å²) in [5.41, 5.74) is 5.59. The van der Waals surface area contributed by atoms with Crippen molar-refractivity contribution in [1.29, 1.82) is 0 Å². The Kier molecular flexibility index (Phi) is 2.43. The molecule has 0 aliphatic heterocycles. The molecule has 1 fully saturated rings. The highest BCUT2D eigenvalue weighted by Crippen LogP contribution is 2.51. The van der Waals surface area contributed by atoms with Gasteiger partial charge in [0.2, 0.25) is 0 Å². The minimum absolute atomic E-state index is 0.717. The summed E-state index contributed by atoms with van der Waals surface area (Å²) in [6.07, 6.45) is 9.31. The lowest BCUT2D eigenvalue weighted by Crippen LogP contribution is -2.01. The smallest absolute Gasteiger partial charge is 0.0538 e. The third-order valence-electron chi connectivity index (χ3n) is 5.25. The fourth-order valence-electron chi connectivity index (χ4n) is 3.95. The van der Waals surface area contributed by atoms with Crippen LogP contribution < -0.4 is 0 Å². The second-order valence-corrected chi connectivity index (χ2v) is 6.54. The topological polar surface area (TPSA) is 4.93 Å². The largest absolute Gasteiger partial charge is 0.313 e. The van der Waals surface area contributed by atoms with Crippen LogP contribution in [0.3, 0.4) is 0 Å². The van der Waals surface area contributed by atoms with Crippen LogP contribution in [0.25, 0.3) is 27.5 Å². The van der Waals surface area contributed by atoms with Crippen molar-refractivity contribution in [2.45, 2.75) is 19.8 Å². The molecular formula is C21H19N. The predicted octanol–water partition coefficient (Wildman–Crippen LogP) is 5.40. The van der Waals surface area contributed by atoms with E-state index in [0.717, 1.165) is 18.3 Å². The molecule has 1 nitrogen and oxygen atoms in total. The number of benzene rings is 2. The Balaban J connectivity index is 1.89. The first-order valence-electron chi connectivity index (χ1n) is 8.27. The molecule has 0 amide bonds. The molecule has 2 aliphatic carbocycles. The van der Waals surface area contributed by atoms with E-state index in [1.165, 1.54) is 39.5 Å². The number of rotatable bonds is 2. The highest BCUT2D eigenvalue weighted by atomic mass is 15.0. The van der Waals surface area contributed by atoms with E-state index in [0.29, 0.717) is 0 Å². The van der Waals surface area contributed by atoms with Crippen molar-refractivity contribution in [2.75, 3.05) is 0 Å². The van der Waals surface area contributed by atoms with Crippen LogP contribution in [0.1, 0.15) is 18.9 Å². The zero-order valence-corrected chi connectivity index (χ0v) is 12.8. The molecule has 1 heteroatoms. The number of nitrogens with zero attached hydrogens (tertiary/aromatic N) is 1. The number of hydrogen-bond acceptors (Lipinski definition) is 0. The van der Waals surface area contributed by atoms with Crippen LogP contribution in [0.2, 0.25) is 0 Å². The van der Waals surface area contributed by atoms with E-state index in [1.54, 1.807) is 0 Å². The Morgan fingerprint density at radius 3 is 2.82 bits per heavy atom. The third-order valence-corrected chi connectivity index (χ3v) is 5.25. The summed E-state index contributed by atoms with van der Waals surface area (Å²) in [6, 6.07) is 15.8. The first-order valence-corrected chi connectivity index (χ1v) is 8.27. The summed E-state index contributed by atoms with van der Waals surface area (Å²) in [5.74, 6) is 1.49. The van der Waals surface area contributed by atoms with E-state index < -0.39 is 0 Å². The molecule has 2 aliphatic rings. The quantitative estimate of drug-likeness (QED) is 0.594. The minimum Gasteiger partial charge on any atom is -0.313 e. The van der Waals surface area contributed by atoms with Gasteiger partial charge in [-0.25, -0.2) is 0 Å². The summed E-state index contributed by atoms with van der Waals surface area (Å²) in [4.78, 5) is 0. The van der Waals surface area contributed by atoms with Gasteiger partial charge >= 0.3 is 0 Å². The van der Waals surface area contributed by atoms with Crippen molar-refractivity contribution in [3.8, 4) is 0 Å². The maximum Gasteiger partial charge on any atom is 0.0538 e. The average molecular weight is 285 g/mol. The number of fused-ring (bicyclic) bond motifs is 4. The van der Waals surface area contributed by atoms with E-state index in [4.69, 9.17) is 0 Å². The summed E-state index contributed by atoms with van der Waals surface area (Å²) < 4.78 is 2.50. The molecule has 2 atom stereocenters. The molecule has 3 aromatic rings. The first kappa shape index (κ1) is 12.3. The zero-order valence-electron chi connectivity index (χ0n) is 12.8. The van der Waals surface area contributed by atoms with Crippen LogP contribution >= 0.6 is 0 Å². The van der Waals surface area contributed by atoms with Gasteiger partial charge < -0.3 is 4.57 Å². The second kappa shape index (κ2) is 4.36. The Labute approximate surface area is 130 Å². The molecule has 1 saturated carbocycles. The molecule has 2 unspecified atom stereocenters. The van der Waals surface area contributed by atoms with E-state index in [9.17, 15) is 0 Å². The summed E-state index contributed by atoms with van der Waals surface area (Å²) in [5, 5.41) is 2.77. The Hall–Kier alpha value is -2.28. The van der Waals surface area contributed by atoms with E-state index in [1.807, 2.05) is 0 Å². The summed E-state index contributed by atoms with van der Waals surface area (Å²) >= 11 is 0. The Bertz CT molecular complexity index is 955. The van der Waals surface area contributed by atoms with Gasteiger partial charge in [0.25, 0.3) is 0 Å². The number of hydrogen-bond donors (Lipinski definition) is 0. The van der Waals surface area contributed by atoms with E-state index in [2.05, 4.69) is 72.2 Å². The van der Waals surface area contributed by atoms with Gasteiger partial charge in [-0.3, -0.25) is 0 Å². The molecule has 5 rings (SSSR count). The average Bonchev–Trinajstić information content (AvgIpc) is 3.30. The van der Waals surface area contributed by atoms with Crippen LogP contribution in [0.4, 0.5) is 0 Å². The normalized spacial score (nSPS) is 22.9. The van der Waals surface area contributed by atoms with Crippen LogP contribution in [0.5, 0.6) is 0 Å². The molecule has 0 bridgehead atoms. The van der Waals surface area contributed by atoms with Crippen molar-refractivity contribution in [3.05, 3.63) is 66.3 Å². The fraction of sp³-hybridized carbons (Fsp3) is 0.238. The molecule has 2 aromatic carbocycles. The summed E-state index contributed by atoms with van der Waals surface area (Å²) in [6.45, 7) is 2.23. The van der Waals surface area contributed by atoms with E-state index >= 15 is 0 Å². The lowest BCUT2D eigenvalue weighted by molar-refractivity contribution is 0.935. The summed E-state index contributed by atoms with van der Waals surface area (Å²) in [7, 11) is 0. The van der Waals surface area contributed by atoms with Gasteiger partial charge in [0.1, 0.15) is 0 Å². The number of aryl methyl sites for hydroxylation is 1. The van der Waals surface area contributed by atoms with Crippen LogP contribution in [-0.2, 0) is 6.42 Å². The molecule has 108 valence electrons. The molecule has 0 spiro atoms. The van der Waals surface area contributed by atoms with Crippen LogP contribution in [-0.4, -0.2) is 4.57 Å². The van der Waals surface area contributed by atoms with Gasteiger partial charge in [0.15, 0.2) is 0 Å². The predicted molar refractivity (Wildman–Crippen MR) is 93.8 cm³/mol. The Morgan fingerprint density at radius 1 is 1.05 bits per heavy atom. The SMILES string of the molecule is CCc1ccc2c(c1)c1ccccc1n2C1=CC=CC2CC12. The van der Waals surface area contributed by atoms with Gasteiger partial charge in [-0.15, -0.1) is 0 Å². The molecular weight excluding hydrogens is 266 g/mol. The van der Waals surface area contributed by atoms with Crippen molar-refractivity contribution in [2.24, 2.45) is 11.8 Å². The molecule has 0 radical (unpaired) electrons. The lowest BCUT2D eigenvalue weighted by Gasteiger charge is -2.14. The van der Waals surface area contributed by atoms with Gasteiger partial charge in [0, 0.05) is 22.4 Å². The number of allylic oxidation sites excluding steroid dienone is 4. The third kappa shape index (κ3) is 1.60. The Morgan fingerprint density at radius 2 is 1.91 bits per heavy atom. The van der Waals surface area contributed by atoms with Crippen LogP contribution in [0.15, 0.2) is 60.7 Å². The first-order chi connectivity index (χ1) is 10.9. The highest BCUT2D eigenvalue weighted by molar-refractivity contribution is 6.10. The van der Waals surface area contributed by atoms with Crippen molar-refractivity contribution in [1.82, 2.24) is 4.57 Å². The highest BCUT2D eigenvalue weighted by Gasteiger charge is 2.40. The lowest BCUT2D eigenvalue weighted by atomic mass is 10.1. The van der Waals surface area contributed by atoms with Gasteiger partial charge in [-0.05, 0) is 48.6 Å². The number of para-hydroxylation sites is 1. The minimum atomic E-state index is 0.717. The standard InChI is InChI=1S/C21H19N/c1-2-14-10-11-21-18(12-14)16-7-3-4-8-19(16)22(21)20-9-5-6-15-13-17(15)20/h3-12,15,17H,2,13H2,1H3. The monoisotopic (exact) mass is 285 g/mol. The fourth-order valence-corrected chi connectivity index (χ4v) is 3.95. The van der Waals surface area contributed by atoms with Gasteiger partial charge in [-0.1, -0.05) is 43.3 Å². The van der Waals surface area contributed by atoms with Crippen molar-refractivity contribution >= 4 is 27.5 Å². The molecule has 22 heavy (non-hydrogen) atoms. The molecule has 0 saturated heterocycles. The molecule has 1 aromatic heterocycles. The van der Waals surface area contributed by atoms with Crippen LogP contribution in [0, 0.1) is 11.8 Å². The van der Waals surface area contributed by atoms with Crippen molar-refractivity contribution in [3.63, 3.8) is 0 Å². The van der Waals surface area contributed by atoms with Crippen molar-refractivity contribution < 1.29 is 0 Å². The second-order valence-electron chi connectivity index (χ2n) is 6.54. The van der Waals surface area contributed by atoms with Gasteiger partial charge in [-0.2, -0.15) is 0 Å². The molecule has 0 N–H and O–H groups in total. The van der Waals surface area contributed by atoms with E-state index in [-0.39, 0.29) is 0 Å². The molecule has 1 heterocycles. The van der Waals surface area contributed by atoms with Gasteiger partial charge in [0.05, 0.1) is 11.0 Å². The maximum absolute atomic E-state index is 2.50. The number of aromatic nitrogens is 1.